The Bertz CT molecular complexity index is 1330. The first-order valence-corrected chi connectivity index (χ1v) is 15.1. The lowest BCUT2D eigenvalue weighted by Gasteiger charge is -2.37. The second kappa shape index (κ2) is 13.7. The van der Waals surface area contributed by atoms with Gasteiger partial charge in [0, 0.05) is 61.2 Å². The van der Waals surface area contributed by atoms with Crippen LogP contribution in [0.2, 0.25) is 0 Å². The number of rotatable bonds is 12. The summed E-state index contributed by atoms with van der Waals surface area (Å²) in [5.74, 6) is 1.80. The van der Waals surface area contributed by atoms with Gasteiger partial charge in [0.05, 0.1) is 5.69 Å². The molecule has 0 spiro atoms. The van der Waals surface area contributed by atoms with Gasteiger partial charge < -0.3 is 10.1 Å². The molecule has 210 valence electrons. The minimum absolute atomic E-state index is 0.0312. The SMILES string of the molecule is CCC(=O)N(c1ccn(-c2ccccc2)n1)C1CCN(Cc2ccccc2OC(CCNC)c2cccs2)CC1. The highest BCUT2D eigenvalue weighted by molar-refractivity contribution is 7.10. The molecule has 2 aromatic heterocycles. The summed E-state index contributed by atoms with van der Waals surface area (Å²) in [7, 11) is 1.98. The first-order valence-electron chi connectivity index (χ1n) is 14.2. The van der Waals surface area contributed by atoms with Gasteiger partial charge >= 0.3 is 0 Å². The van der Waals surface area contributed by atoms with Crippen LogP contribution in [0.3, 0.4) is 0 Å². The van der Waals surface area contributed by atoms with Gasteiger partial charge in [-0.05, 0) is 56.1 Å². The average molecular weight is 558 g/mol. The Balaban J connectivity index is 1.24. The number of para-hydroxylation sites is 2. The van der Waals surface area contributed by atoms with E-state index in [-0.39, 0.29) is 18.1 Å². The van der Waals surface area contributed by atoms with Crippen LogP contribution >= 0.6 is 11.3 Å². The third-order valence-corrected chi connectivity index (χ3v) is 8.45. The molecular formula is C32H39N5O2S. The van der Waals surface area contributed by atoms with Crippen molar-refractivity contribution in [1.82, 2.24) is 20.0 Å². The summed E-state index contributed by atoms with van der Waals surface area (Å²) >= 11 is 1.75. The normalized spacial score (nSPS) is 15.2. The number of likely N-dealkylation sites (tertiary alicyclic amines) is 1. The third kappa shape index (κ3) is 6.81. The van der Waals surface area contributed by atoms with Gasteiger partial charge in [0.25, 0.3) is 0 Å². The number of nitrogens with one attached hydrogen (secondary N) is 1. The zero-order valence-corrected chi connectivity index (χ0v) is 24.2. The molecule has 2 aromatic carbocycles. The number of thiophene rings is 1. The Labute approximate surface area is 241 Å². The number of anilines is 1. The van der Waals surface area contributed by atoms with Gasteiger partial charge in [0.2, 0.25) is 5.91 Å². The standard InChI is InChI=1S/C32H39N5O2S/c1-3-32(38)37(31-18-22-36(34-31)26-11-5-4-6-12-26)27-16-20-35(21-17-27)24-25-10-7-8-13-28(25)39-29(15-19-33-2)30-14-9-23-40-30/h4-14,18,22-23,27,29,33H,3,15-17,19-21,24H2,1-2H3. The molecule has 4 aromatic rings. The molecule has 1 N–H and O–H groups in total. The molecule has 1 aliphatic rings. The molecule has 8 heteroatoms. The smallest absolute Gasteiger partial charge is 0.228 e. The minimum atomic E-state index is 0.0312. The van der Waals surface area contributed by atoms with Gasteiger partial charge in [0.1, 0.15) is 11.9 Å². The molecular weight excluding hydrogens is 518 g/mol. The van der Waals surface area contributed by atoms with Crippen LogP contribution in [-0.4, -0.2) is 53.3 Å². The minimum Gasteiger partial charge on any atom is -0.485 e. The molecule has 1 atom stereocenters. The van der Waals surface area contributed by atoms with E-state index in [4.69, 9.17) is 9.84 Å². The second-order valence-corrected chi connectivity index (χ2v) is 11.2. The van der Waals surface area contributed by atoms with Gasteiger partial charge in [-0.25, -0.2) is 4.68 Å². The van der Waals surface area contributed by atoms with E-state index >= 15 is 0 Å². The fourth-order valence-electron chi connectivity index (χ4n) is 5.34. The molecule has 1 aliphatic heterocycles. The van der Waals surface area contributed by atoms with Crippen molar-refractivity contribution in [2.75, 3.05) is 31.6 Å². The van der Waals surface area contributed by atoms with Crippen molar-refractivity contribution in [2.45, 2.75) is 51.3 Å². The molecule has 0 saturated carbocycles. The predicted molar refractivity (Wildman–Crippen MR) is 162 cm³/mol. The highest BCUT2D eigenvalue weighted by Crippen LogP contribution is 2.32. The number of hydrogen-bond acceptors (Lipinski definition) is 6. The van der Waals surface area contributed by atoms with E-state index in [2.05, 4.69) is 52.0 Å². The molecule has 0 bridgehead atoms. The van der Waals surface area contributed by atoms with E-state index in [1.807, 2.05) is 66.1 Å². The first-order chi connectivity index (χ1) is 19.7. The van der Waals surface area contributed by atoms with Gasteiger partial charge in [-0.15, -0.1) is 16.4 Å². The summed E-state index contributed by atoms with van der Waals surface area (Å²) in [6.07, 6.45) is 5.16. The average Bonchev–Trinajstić information content (AvgIpc) is 3.71. The Morgan fingerprint density at radius 3 is 2.58 bits per heavy atom. The summed E-state index contributed by atoms with van der Waals surface area (Å²) in [6, 6.07) is 24.8. The van der Waals surface area contributed by atoms with E-state index in [1.54, 1.807) is 11.3 Å². The lowest BCUT2D eigenvalue weighted by molar-refractivity contribution is -0.119. The van der Waals surface area contributed by atoms with Gasteiger partial charge in [-0.1, -0.05) is 49.4 Å². The topological polar surface area (TPSA) is 62.6 Å². The van der Waals surface area contributed by atoms with E-state index < -0.39 is 0 Å². The predicted octanol–water partition coefficient (Wildman–Crippen LogP) is 6.07. The molecule has 5 rings (SSSR count). The summed E-state index contributed by atoms with van der Waals surface area (Å²) in [6.45, 7) is 5.49. The maximum absolute atomic E-state index is 13.1. The molecule has 1 saturated heterocycles. The van der Waals surface area contributed by atoms with Crippen molar-refractivity contribution in [3.8, 4) is 11.4 Å². The number of aromatic nitrogens is 2. The van der Waals surface area contributed by atoms with Crippen molar-refractivity contribution in [1.29, 1.82) is 0 Å². The number of nitrogens with zero attached hydrogens (tertiary/aromatic N) is 4. The van der Waals surface area contributed by atoms with Crippen LogP contribution in [0.5, 0.6) is 5.75 Å². The summed E-state index contributed by atoms with van der Waals surface area (Å²) in [5, 5.41) is 10.1. The van der Waals surface area contributed by atoms with E-state index in [9.17, 15) is 4.79 Å². The molecule has 0 radical (unpaired) electrons. The van der Waals surface area contributed by atoms with Gasteiger partial charge in [-0.2, -0.15) is 0 Å². The van der Waals surface area contributed by atoms with Crippen molar-refractivity contribution < 1.29 is 9.53 Å². The largest absolute Gasteiger partial charge is 0.485 e. The zero-order valence-electron chi connectivity index (χ0n) is 23.4. The van der Waals surface area contributed by atoms with Crippen LogP contribution in [0.15, 0.2) is 84.4 Å². The third-order valence-electron chi connectivity index (χ3n) is 7.49. The molecule has 3 heterocycles. The number of hydrogen-bond donors (Lipinski definition) is 1. The van der Waals surface area contributed by atoms with Crippen molar-refractivity contribution in [3.63, 3.8) is 0 Å². The van der Waals surface area contributed by atoms with Crippen LogP contribution in [0.1, 0.15) is 49.2 Å². The van der Waals surface area contributed by atoms with Crippen molar-refractivity contribution in [2.24, 2.45) is 0 Å². The molecule has 1 unspecified atom stereocenters. The zero-order chi connectivity index (χ0) is 27.7. The van der Waals surface area contributed by atoms with Crippen LogP contribution in [0.4, 0.5) is 5.82 Å². The van der Waals surface area contributed by atoms with Crippen LogP contribution in [0.25, 0.3) is 5.69 Å². The number of benzene rings is 2. The summed E-state index contributed by atoms with van der Waals surface area (Å²) in [4.78, 5) is 18.8. The highest BCUT2D eigenvalue weighted by Gasteiger charge is 2.30. The highest BCUT2D eigenvalue weighted by atomic mass is 32.1. The number of carbonyl (C=O) groups excluding carboxylic acids is 1. The summed E-state index contributed by atoms with van der Waals surface area (Å²) < 4.78 is 8.46. The maximum Gasteiger partial charge on any atom is 0.228 e. The number of ether oxygens (including phenoxy) is 1. The Hall–Kier alpha value is -3.46. The van der Waals surface area contributed by atoms with Crippen molar-refractivity contribution in [3.05, 3.63) is 94.8 Å². The first kappa shape index (κ1) is 28.1. The fourth-order valence-corrected chi connectivity index (χ4v) is 6.13. The Kier molecular flexibility index (Phi) is 9.65. The number of piperidine rings is 1. The van der Waals surface area contributed by atoms with E-state index in [0.29, 0.717) is 6.42 Å². The fraction of sp³-hybridized carbons (Fsp3) is 0.375. The molecule has 7 nitrogen and oxygen atoms in total. The summed E-state index contributed by atoms with van der Waals surface area (Å²) in [5.41, 5.74) is 2.19. The van der Waals surface area contributed by atoms with Gasteiger partial charge in [-0.3, -0.25) is 14.6 Å². The molecule has 40 heavy (non-hydrogen) atoms. The lowest BCUT2D eigenvalue weighted by Crippen LogP contribution is -2.47. The van der Waals surface area contributed by atoms with Crippen LogP contribution < -0.4 is 15.0 Å². The number of carbonyl (C=O) groups is 1. The van der Waals surface area contributed by atoms with E-state index in [0.717, 1.165) is 62.7 Å². The van der Waals surface area contributed by atoms with Crippen LogP contribution in [0, 0.1) is 0 Å². The maximum atomic E-state index is 13.1. The number of amides is 1. The lowest BCUT2D eigenvalue weighted by atomic mass is 10.0. The Morgan fingerprint density at radius 2 is 1.85 bits per heavy atom. The Morgan fingerprint density at radius 1 is 1.07 bits per heavy atom. The van der Waals surface area contributed by atoms with Crippen LogP contribution in [-0.2, 0) is 11.3 Å². The van der Waals surface area contributed by atoms with Gasteiger partial charge in [0.15, 0.2) is 5.82 Å². The molecule has 0 aliphatic carbocycles. The quantitative estimate of drug-likeness (QED) is 0.229. The molecule has 1 amide bonds. The van der Waals surface area contributed by atoms with Crippen molar-refractivity contribution >= 4 is 23.1 Å². The van der Waals surface area contributed by atoms with E-state index in [1.165, 1.54) is 10.4 Å². The second-order valence-electron chi connectivity index (χ2n) is 10.2. The molecule has 1 fully saturated rings. The monoisotopic (exact) mass is 557 g/mol.